The molecular weight excluding hydrogens is 463 g/mol. The number of benzene rings is 1. The Kier molecular flexibility index (Phi) is 7.24. The normalized spacial score (nSPS) is 23.0. The van der Waals surface area contributed by atoms with Crippen molar-refractivity contribution in [3.8, 4) is 0 Å². The first-order chi connectivity index (χ1) is 16.2. The minimum Gasteiger partial charge on any atom is -0.460 e. The Hall–Kier alpha value is -2.89. The lowest BCUT2D eigenvalue weighted by molar-refractivity contribution is -0.146. The van der Waals surface area contributed by atoms with Crippen LogP contribution in [0.15, 0.2) is 43.0 Å². The number of nitrogens with two attached hydrogens (primary N) is 1. The van der Waals surface area contributed by atoms with Gasteiger partial charge in [0, 0.05) is 13.1 Å². The van der Waals surface area contributed by atoms with Crippen molar-refractivity contribution in [1.82, 2.24) is 24.6 Å². The summed E-state index contributed by atoms with van der Waals surface area (Å²) >= 11 is 0. The second-order valence-corrected chi connectivity index (χ2v) is 10.3. The predicted octanol–water partition coefficient (Wildman–Crippen LogP) is 1.62. The Morgan fingerprint density at radius 3 is 2.88 bits per heavy atom. The van der Waals surface area contributed by atoms with Crippen LogP contribution in [0.2, 0.25) is 0 Å². The average molecular weight is 490 g/mol. The van der Waals surface area contributed by atoms with E-state index >= 15 is 0 Å². The maximum atomic E-state index is 12.9. The van der Waals surface area contributed by atoms with Crippen molar-refractivity contribution < 1.29 is 28.5 Å². The number of fused-ring (bicyclic) bond motifs is 1. The maximum absolute atomic E-state index is 12.9. The van der Waals surface area contributed by atoms with Crippen LogP contribution in [0.25, 0.3) is 11.2 Å². The number of ether oxygens (including phenoxy) is 2. The van der Waals surface area contributed by atoms with Crippen molar-refractivity contribution in [3.05, 3.63) is 48.5 Å². The van der Waals surface area contributed by atoms with E-state index < -0.39 is 38.0 Å². The van der Waals surface area contributed by atoms with E-state index in [-0.39, 0.29) is 25.5 Å². The van der Waals surface area contributed by atoms with Gasteiger partial charge in [-0.3, -0.25) is 13.9 Å². The molecule has 1 saturated heterocycles. The third-order valence-electron chi connectivity index (χ3n) is 5.34. The third kappa shape index (κ3) is 5.60. The Balaban J connectivity index is 1.29. The van der Waals surface area contributed by atoms with Gasteiger partial charge in [-0.15, -0.1) is 0 Å². The minimum atomic E-state index is -3.36. The van der Waals surface area contributed by atoms with Gasteiger partial charge < -0.3 is 24.8 Å². The first-order valence-corrected chi connectivity index (χ1v) is 12.8. The van der Waals surface area contributed by atoms with Crippen LogP contribution in [0.3, 0.4) is 0 Å². The maximum Gasteiger partial charge on any atom is 0.323 e. The van der Waals surface area contributed by atoms with E-state index in [9.17, 15) is 14.5 Å². The van der Waals surface area contributed by atoms with Crippen molar-refractivity contribution >= 4 is 30.5 Å². The lowest BCUT2D eigenvalue weighted by atomic mass is 10.2. The molecule has 4 rings (SSSR count). The van der Waals surface area contributed by atoms with Crippen molar-refractivity contribution in [2.24, 2.45) is 0 Å². The van der Waals surface area contributed by atoms with E-state index in [1.807, 2.05) is 30.3 Å². The Morgan fingerprint density at radius 2 is 2.12 bits per heavy atom. The van der Waals surface area contributed by atoms with E-state index in [0.717, 1.165) is 5.56 Å². The van der Waals surface area contributed by atoms with Crippen LogP contribution in [-0.4, -0.2) is 62.1 Å². The van der Waals surface area contributed by atoms with Gasteiger partial charge in [0.25, 0.3) is 7.52 Å². The summed E-state index contributed by atoms with van der Waals surface area (Å²) in [6, 6.07) is 8.42. The second-order valence-electron chi connectivity index (χ2n) is 8.12. The number of esters is 1. The molecule has 1 aliphatic heterocycles. The van der Waals surface area contributed by atoms with E-state index in [4.69, 9.17) is 19.7 Å². The molecule has 0 unspecified atom stereocenters. The lowest BCUT2D eigenvalue weighted by Crippen LogP contribution is -2.34. The number of aromatic nitrogens is 4. The van der Waals surface area contributed by atoms with Gasteiger partial charge in [-0.1, -0.05) is 30.3 Å². The Bertz CT molecular complexity index is 1190. The smallest absolute Gasteiger partial charge is 0.323 e. The topological polar surface area (TPSA) is 164 Å². The van der Waals surface area contributed by atoms with Gasteiger partial charge in [-0.25, -0.2) is 20.0 Å². The Morgan fingerprint density at radius 1 is 1.35 bits per heavy atom. The first kappa shape index (κ1) is 24.2. The molecule has 0 aliphatic carbocycles. The third-order valence-corrected chi connectivity index (χ3v) is 6.84. The fourth-order valence-corrected chi connectivity index (χ4v) is 5.00. The number of hydrogen-bond acceptors (Lipinski definition) is 10. The molecule has 4 N–H and O–H groups in total. The van der Waals surface area contributed by atoms with Crippen molar-refractivity contribution in [1.29, 1.82) is 0 Å². The summed E-state index contributed by atoms with van der Waals surface area (Å²) in [6.07, 6.45) is 0.874. The zero-order valence-corrected chi connectivity index (χ0v) is 19.7. The van der Waals surface area contributed by atoms with Crippen LogP contribution < -0.4 is 10.8 Å². The van der Waals surface area contributed by atoms with Crippen LogP contribution in [0.4, 0.5) is 5.82 Å². The average Bonchev–Trinajstić information content (AvgIpc) is 3.40. The lowest BCUT2D eigenvalue weighted by Gasteiger charge is -2.21. The molecule has 3 aromatic rings. The zero-order valence-electron chi connectivity index (χ0n) is 18.8. The molecule has 0 spiro atoms. The highest BCUT2D eigenvalue weighted by Crippen LogP contribution is 2.40. The first-order valence-electron chi connectivity index (χ1n) is 10.7. The number of aliphatic hydroxyl groups is 1. The molecule has 1 fully saturated rings. The van der Waals surface area contributed by atoms with E-state index in [1.165, 1.54) is 19.3 Å². The molecule has 1 aromatic carbocycles. The number of hydrogen-bond donors (Lipinski definition) is 3. The summed E-state index contributed by atoms with van der Waals surface area (Å²) in [6.45, 7) is 3.00. The largest absolute Gasteiger partial charge is 0.460 e. The molecule has 0 radical (unpaired) electrons. The summed E-state index contributed by atoms with van der Waals surface area (Å²) in [5.41, 5.74) is 7.51. The number of anilines is 1. The number of nitrogens with one attached hydrogen (secondary N) is 1. The summed E-state index contributed by atoms with van der Waals surface area (Å²) < 4.78 is 31.2. The number of carbonyl (C=O) groups excluding carboxylic acids is 1. The van der Waals surface area contributed by atoms with E-state index in [1.54, 1.807) is 11.5 Å². The van der Waals surface area contributed by atoms with Gasteiger partial charge in [-0.05, 0) is 12.5 Å². The quantitative estimate of drug-likeness (QED) is 0.295. The molecule has 0 amide bonds. The second kappa shape index (κ2) is 10.2. The van der Waals surface area contributed by atoms with E-state index in [0.29, 0.717) is 11.2 Å². The van der Waals surface area contributed by atoms with E-state index in [2.05, 4.69) is 20.0 Å². The fourth-order valence-electron chi connectivity index (χ4n) is 3.66. The molecule has 2 aromatic heterocycles. The minimum absolute atomic E-state index is 0.0517. The van der Waals surface area contributed by atoms with Gasteiger partial charge in [0.2, 0.25) is 0 Å². The molecule has 1 aliphatic rings. The number of nitrogens with zero attached hydrogens (tertiary/aromatic N) is 4. The Labute approximate surface area is 196 Å². The van der Waals surface area contributed by atoms with Crippen molar-refractivity contribution in [3.63, 3.8) is 0 Å². The van der Waals surface area contributed by atoms with Gasteiger partial charge >= 0.3 is 5.97 Å². The molecule has 5 atom stereocenters. The highest BCUT2D eigenvalue weighted by atomic mass is 31.2. The highest BCUT2D eigenvalue weighted by Gasteiger charge is 2.37. The molecule has 0 bridgehead atoms. The van der Waals surface area contributed by atoms with Crippen LogP contribution in [-0.2, 0) is 30.0 Å². The SMILES string of the molecule is C[C@H](N[P@@](C)(=O)OC[C@@H]1C[C@H](O)[C@H](n2cnc3c(N)ncnc32)O1)C(=O)OCc1ccccc1. The molecular formula is C21H27N6O6P. The zero-order chi connectivity index (χ0) is 24.3. The number of imidazole rings is 1. The number of aliphatic hydroxyl groups excluding tert-OH is 1. The summed E-state index contributed by atoms with van der Waals surface area (Å²) in [5, 5.41) is 13.2. The molecule has 3 heterocycles. The summed E-state index contributed by atoms with van der Waals surface area (Å²) in [5.74, 6) is -0.319. The number of rotatable bonds is 9. The molecule has 0 saturated carbocycles. The summed E-state index contributed by atoms with van der Waals surface area (Å²) in [7, 11) is -3.36. The van der Waals surface area contributed by atoms with Gasteiger partial charge in [0.15, 0.2) is 17.7 Å². The molecule has 12 nitrogen and oxygen atoms in total. The van der Waals surface area contributed by atoms with Gasteiger partial charge in [0.1, 0.15) is 30.6 Å². The van der Waals surface area contributed by atoms with Crippen LogP contribution in [0.1, 0.15) is 25.1 Å². The van der Waals surface area contributed by atoms with Gasteiger partial charge in [-0.2, -0.15) is 0 Å². The highest BCUT2D eigenvalue weighted by molar-refractivity contribution is 7.56. The number of carbonyl (C=O) groups is 1. The standard InChI is InChI=1S/C21H27N6O6P/c1-13(21(29)31-9-14-6-4-3-5-7-14)26-34(2,30)32-10-15-8-16(28)20(33-15)27-12-25-17-18(22)23-11-24-19(17)27/h3-7,11-13,15-16,20,28H,8-10H2,1-2H3,(H,26,30)(H2,22,23,24)/t13-,15-,16-,20+,34-/m0/s1. The van der Waals surface area contributed by atoms with Crippen LogP contribution in [0, 0.1) is 0 Å². The monoisotopic (exact) mass is 490 g/mol. The van der Waals surface area contributed by atoms with Crippen molar-refractivity contribution in [2.45, 2.75) is 44.4 Å². The predicted molar refractivity (Wildman–Crippen MR) is 123 cm³/mol. The summed E-state index contributed by atoms with van der Waals surface area (Å²) in [4.78, 5) is 24.5. The molecule has 182 valence electrons. The number of nitrogen functional groups attached to an aromatic ring is 1. The molecule has 13 heteroatoms. The molecule has 34 heavy (non-hydrogen) atoms. The van der Waals surface area contributed by atoms with Crippen molar-refractivity contribution in [2.75, 3.05) is 19.0 Å². The van der Waals surface area contributed by atoms with Crippen LogP contribution >= 0.6 is 7.52 Å². The van der Waals surface area contributed by atoms with Crippen LogP contribution in [0.5, 0.6) is 0 Å². The van der Waals surface area contributed by atoms with Gasteiger partial charge in [0.05, 0.1) is 19.0 Å². The fraction of sp³-hybridized carbons (Fsp3) is 0.429.